The highest BCUT2D eigenvalue weighted by Gasteiger charge is 2.22. The highest BCUT2D eigenvalue weighted by molar-refractivity contribution is 8.14. The Morgan fingerprint density at radius 2 is 2.21 bits per heavy atom. The number of amidine groups is 1. The minimum Gasteiger partial charge on any atom is -0.454 e. The van der Waals surface area contributed by atoms with E-state index >= 15 is 0 Å². The molecule has 4 nitrogen and oxygen atoms in total. The van der Waals surface area contributed by atoms with E-state index in [1.807, 2.05) is 18.2 Å². The molecule has 0 bridgehead atoms. The van der Waals surface area contributed by atoms with Crippen LogP contribution in [0.1, 0.15) is 19.4 Å². The number of aliphatic imine (C=N–C) groups is 1. The minimum absolute atomic E-state index is 0.320. The molecule has 1 unspecified atom stereocenters. The van der Waals surface area contributed by atoms with E-state index in [1.54, 1.807) is 11.8 Å². The minimum atomic E-state index is 0.320. The van der Waals surface area contributed by atoms with Crippen LogP contribution in [0.3, 0.4) is 0 Å². The number of ether oxygens (including phenoxy) is 2. The maximum atomic E-state index is 5.37. The van der Waals surface area contributed by atoms with Crippen molar-refractivity contribution in [2.24, 2.45) is 10.9 Å². The summed E-state index contributed by atoms with van der Waals surface area (Å²) >= 11 is 1.81. The van der Waals surface area contributed by atoms with Gasteiger partial charge >= 0.3 is 0 Å². The molecule has 19 heavy (non-hydrogen) atoms. The Kier molecular flexibility index (Phi) is 3.55. The molecule has 1 aromatic carbocycles. The Labute approximate surface area is 117 Å². The molecule has 1 N–H and O–H groups in total. The third kappa shape index (κ3) is 2.81. The van der Waals surface area contributed by atoms with Crippen LogP contribution >= 0.6 is 11.8 Å². The fraction of sp³-hybridized carbons (Fsp3) is 0.500. The van der Waals surface area contributed by atoms with Crippen LogP contribution in [0.15, 0.2) is 23.2 Å². The molecule has 3 rings (SSSR count). The fourth-order valence-electron chi connectivity index (χ4n) is 2.06. The third-order valence-corrected chi connectivity index (χ3v) is 4.40. The summed E-state index contributed by atoms with van der Waals surface area (Å²) in [6.45, 7) is 5.47. The molecule has 0 saturated carbocycles. The molecule has 102 valence electrons. The van der Waals surface area contributed by atoms with E-state index in [2.05, 4.69) is 24.2 Å². The number of thioether (sulfide) groups is 1. The van der Waals surface area contributed by atoms with Crippen LogP contribution in [0.25, 0.3) is 0 Å². The largest absolute Gasteiger partial charge is 0.454 e. The number of nitrogens with zero attached hydrogens (tertiary/aromatic N) is 1. The first-order valence-corrected chi connectivity index (χ1v) is 7.53. The lowest BCUT2D eigenvalue weighted by atomic mass is 10.1. The summed E-state index contributed by atoms with van der Waals surface area (Å²) in [6.07, 6.45) is 0. The molecule has 0 radical (unpaired) electrons. The topological polar surface area (TPSA) is 42.9 Å². The van der Waals surface area contributed by atoms with Crippen molar-refractivity contribution in [2.75, 3.05) is 12.5 Å². The van der Waals surface area contributed by atoms with Crippen LogP contribution in [-0.2, 0) is 6.54 Å². The van der Waals surface area contributed by atoms with Gasteiger partial charge in [-0.2, -0.15) is 0 Å². The zero-order chi connectivity index (χ0) is 13.2. The van der Waals surface area contributed by atoms with Crippen LogP contribution in [0.4, 0.5) is 0 Å². The highest BCUT2D eigenvalue weighted by atomic mass is 32.2. The van der Waals surface area contributed by atoms with Crippen LogP contribution in [-0.4, -0.2) is 23.8 Å². The number of fused-ring (bicyclic) bond motifs is 1. The summed E-state index contributed by atoms with van der Waals surface area (Å²) in [5.41, 5.74) is 1.15. The predicted octanol–water partition coefficient (Wildman–Crippen LogP) is 2.63. The lowest BCUT2D eigenvalue weighted by molar-refractivity contribution is 0.174. The molecule has 0 aromatic heterocycles. The van der Waals surface area contributed by atoms with E-state index in [-0.39, 0.29) is 0 Å². The summed E-state index contributed by atoms with van der Waals surface area (Å²) < 4.78 is 10.7. The van der Waals surface area contributed by atoms with Crippen LogP contribution < -0.4 is 14.8 Å². The van der Waals surface area contributed by atoms with E-state index in [1.165, 1.54) is 0 Å². The van der Waals surface area contributed by atoms with E-state index in [0.29, 0.717) is 25.3 Å². The first-order valence-electron chi connectivity index (χ1n) is 6.54. The Hall–Kier alpha value is -1.36. The first-order chi connectivity index (χ1) is 9.22. The molecule has 1 aromatic rings. The van der Waals surface area contributed by atoms with Gasteiger partial charge < -0.3 is 14.8 Å². The van der Waals surface area contributed by atoms with Gasteiger partial charge in [-0.25, -0.2) is 0 Å². The van der Waals surface area contributed by atoms with Gasteiger partial charge in [0, 0.05) is 11.8 Å². The van der Waals surface area contributed by atoms with Gasteiger partial charge in [0.2, 0.25) is 6.79 Å². The summed E-state index contributed by atoms with van der Waals surface area (Å²) in [5, 5.41) is 4.52. The summed E-state index contributed by atoms with van der Waals surface area (Å²) in [7, 11) is 0. The Balaban J connectivity index is 1.63. The van der Waals surface area contributed by atoms with E-state index in [4.69, 9.17) is 9.47 Å². The fourth-order valence-corrected chi connectivity index (χ4v) is 3.26. The van der Waals surface area contributed by atoms with Crippen molar-refractivity contribution in [3.63, 3.8) is 0 Å². The maximum absolute atomic E-state index is 5.37. The maximum Gasteiger partial charge on any atom is 0.231 e. The molecule has 0 aliphatic carbocycles. The summed E-state index contributed by atoms with van der Waals surface area (Å²) in [4.78, 5) is 4.62. The van der Waals surface area contributed by atoms with E-state index in [0.717, 1.165) is 28.0 Å². The zero-order valence-electron chi connectivity index (χ0n) is 11.2. The second-order valence-electron chi connectivity index (χ2n) is 5.11. The number of rotatable bonds is 3. The molecule has 0 amide bonds. The molecule has 2 aliphatic heterocycles. The van der Waals surface area contributed by atoms with Gasteiger partial charge in [0.15, 0.2) is 16.7 Å². The van der Waals surface area contributed by atoms with Gasteiger partial charge in [-0.05, 0) is 23.6 Å². The SMILES string of the molecule is CC(C)C1CSC(=NCc2ccc3c(c2)OCO3)N1. The second kappa shape index (κ2) is 5.33. The van der Waals surface area contributed by atoms with Crippen molar-refractivity contribution >= 4 is 16.9 Å². The van der Waals surface area contributed by atoms with Gasteiger partial charge in [0.1, 0.15) is 0 Å². The second-order valence-corrected chi connectivity index (χ2v) is 6.12. The van der Waals surface area contributed by atoms with Crippen molar-refractivity contribution < 1.29 is 9.47 Å². The van der Waals surface area contributed by atoms with E-state index < -0.39 is 0 Å². The van der Waals surface area contributed by atoms with Crippen molar-refractivity contribution in [3.05, 3.63) is 23.8 Å². The molecule has 5 heteroatoms. The standard InChI is InChI=1S/C14H18N2O2S/c1-9(2)11-7-19-14(16-11)15-6-10-3-4-12-13(5-10)18-8-17-12/h3-5,9,11H,6-8H2,1-2H3,(H,15,16). The van der Waals surface area contributed by atoms with Crippen LogP contribution in [0.5, 0.6) is 11.5 Å². The molecule has 1 saturated heterocycles. The molecule has 2 aliphatic rings. The molecule has 0 spiro atoms. The predicted molar refractivity (Wildman–Crippen MR) is 77.9 cm³/mol. The third-order valence-electron chi connectivity index (χ3n) is 3.36. The Morgan fingerprint density at radius 3 is 3.00 bits per heavy atom. The number of nitrogens with one attached hydrogen (secondary N) is 1. The highest BCUT2D eigenvalue weighted by Crippen LogP contribution is 2.32. The van der Waals surface area contributed by atoms with Crippen molar-refractivity contribution in [2.45, 2.75) is 26.4 Å². The molecule has 1 atom stereocenters. The van der Waals surface area contributed by atoms with Gasteiger partial charge in [0.05, 0.1) is 6.54 Å². The van der Waals surface area contributed by atoms with Gasteiger partial charge in [-0.3, -0.25) is 4.99 Å². The molecular formula is C14H18N2O2S. The van der Waals surface area contributed by atoms with Gasteiger partial charge in [0.25, 0.3) is 0 Å². The summed E-state index contributed by atoms with van der Waals surface area (Å²) in [6, 6.07) is 6.54. The smallest absolute Gasteiger partial charge is 0.231 e. The lowest BCUT2D eigenvalue weighted by Crippen LogP contribution is -2.31. The monoisotopic (exact) mass is 278 g/mol. The molecule has 1 fully saturated rings. The molecular weight excluding hydrogens is 260 g/mol. The van der Waals surface area contributed by atoms with Crippen molar-refractivity contribution in [1.82, 2.24) is 5.32 Å². The van der Waals surface area contributed by atoms with Gasteiger partial charge in [-0.1, -0.05) is 31.7 Å². The van der Waals surface area contributed by atoms with Gasteiger partial charge in [-0.15, -0.1) is 0 Å². The summed E-state index contributed by atoms with van der Waals surface area (Å²) in [5.74, 6) is 3.40. The average molecular weight is 278 g/mol. The molecule has 2 heterocycles. The average Bonchev–Trinajstić information content (AvgIpc) is 3.04. The quantitative estimate of drug-likeness (QED) is 0.923. The van der Waals surface area contributed by atoms with Crippen LogP contribution in [0.2, 0.25) is 0 Å². The number of hydrogen-bond donors (Lipinski definition) is 1. The van der Waals surface area contributed by atoms with E-state index in [9.17, 15) is 0 Å². The zero-order valence-corrected chi connectivity index (χ0v) is 12.0. The Bertz CT molecular complexity index is 502. The van der Waals surface area contributed by atoms with Crippen molar-refractivity contribution in [3.8, 4) is 11.5 Å². The van der Waals surface area contributed by atoms with Crippen LogP contribution in [0, 0.1) is 5.92 Å². The Morgan fingerprint density at radius 1 is 1.37 bits per heavy atom. The first kappa shape index (κ1) is 12.7. The normalized spacial score (nSPS) is 23.1. The number of benzene rings is 1. The van der Waals surface area contributed by atoms with Crippen molar-refractivity contribution in [1.29, 1.82) is 0 Å². The number of hydrogen-bond acceptors (Lipinski definition) is 4. The lowest BCUT2D eigenvalue weighted by Gasteiger charge is -2.13.